The van der Waals surface area contributed by atoms with E-state index in [2.05, 4.69) is 0 Å². The molecule has 4 N–H and O–H groups in total. The summed E-state index contributed by atoms with van der Waals surface area (Å²) in [7, 11) is -2.05. The fourth-order valence-electron chi connectivity index (χ4n) is 5.70. The van der Waals surface area contributed by atoms with Gasteiger partial charge in [-0.1, -0.05) is 96.3 Å². The van der Waals surface area contributed by atoms with E-state index in [1.807, 2.05) is 0 Å². The van der Waals surface area contributed by atoms with Crippen LogP contribution in [0, 0.1) is 0 Å². The Hall–Kier alpha value is 0.940. The summed E-state index contributed by atoms with van der Waals surface area (Å²) in [4.78, 5) is 12.0. The summed E-state index contributed by atoms with van der Waals surface area (Å²) in [5.74, 6) is 0. The molecule has 0 aromatic carbocycles. The van der Waals surface area contributed by atoms with E-state index in [9.17, 15) is 4.80 Å². The van der Waals surface area contributed by atoms with Crippen LogP contribution < -0.4 is 0 Å². The molecule has 3 aliphatic carbocycles. The van der Waals surface area contributed by atoms with E-state index in [1.54, 1.807) is 20.8 Å². The molecule has 3 saturated carbocycles. The predicted molar refractivity (Wildman–Crippen MR) is 127 cm³/mol. The van der Waals surface area contributed by atoms with Crippen LogP contribution >= 0.6 is 0 Å². The number of aliphatic hydroxyl groups is 3. The van der Waals surface area contributed by atoms with Gasteiger partial charge in [-0.15, -0.1) is 0 Å². The third-order valence-electron chi connectivity index (χ3n) is 6.78. The fourth-order valence-corrected chi connectivity index (χ4v) is 11.7. The molecule has 180 valence electrons. The number of rotatable bonds is 3. The van der Waals surface area contributed by atoms with Crippen LogP contribution in [0.15, 0.2) is 0 Å². The summed E-state index contributed by atoms with van der Waals surface area (Å²) in [6.45, 7) is 5.79. The Kier molecular flexibility index (Phi) is 24.0. The maximum absolute atomic E-state index is 12.0. The maximum Gasteiger partial charge on any atom is 0.197 e. The predicted octanol–water partition coefficient (Wildman–Crippen LogP) is 5.92. The van der Waals surface area contributed by atoms with Gasteiger partial charge in [0.05, 0.1) is 0 Å². The Morgan fingerprint density at radius 3 is 0.833 bits per heavy atom. The minimum Gasteiger partial charge on any atom is -0.431 e. The molecule has 3 rings (SSSR count). The fraction of sp³-hybridized carbons (Fsp3) is 1.00. The first-order valence-corrected chi connectivity index (χ1v) is 14.8. The van der Waals surface area contributed by atoms with E-state index in [-0.39, 0.29) is 46.0 Å². The standard InChI is InChI=1S/C18H34OSi.3C2H6O.Zr/c19-20(16-10-4-1-5-11-16,17-12-6-2-7-13-17)18-14-8-3-9-15-18;3*1-2-3;/h16-19H,1-15H2;3*3H,2H2,1H3;. The van der Waals surface area contributed by atoms with Crippen molar-refractivity contribution < 1.29 is 46.3 Å². The van der Waals surface area contributed by atoms with Gasteiger partial charge in [0.25, 0.3) is 0 Å². The maximum atomic E-state index is 12.0. The van der Waals surface area contributed by atoms with Gasteiger partial charge in [0.1, 0.15) is 0 Å². The molecule has 6 heteroatoms. The first-order valence-electron chi connectivity index (χ1n) is 12.6. The van der Waals surface area contributed by atoms with Crippen molar-refractivity contribution in [3.05, 3.63) is 0 Å². The smallest absolute Gasteiger partial charge is 0.197 e. The Morgan fingerprint density at radius 2 is 0.667 bits per heavy atom. The first-order chi connectivity index (χ1) is 14.1. The van der Waals surface area contributed by atoms with Crippen LogP contribution in [-0.2, 0) is 26.2 Å². The van der Waals surface area contributed by atoms with E-state index >= 15 is 0 Å². The zero-order valence-electron chi connectivity index (χ0n) is 20.2. The van der Waals surface area contributed by atoms with Crippen LogP contribution in [0.2, 0.25) is 16.6 Å². The average Bonchev–Trinajstić information content (AvgIpc) is 2.77. The second-order valence-electron chi connectivity index (χ2n) is 8.84. The van der Waals surface area contributed by atoms with Crippen molar-refractivity contribution in [2.45, 2.75) is 134 Å². The summed E-state index contributed by atoms with van der Waals surface area (Å²) >= 11 is 0. The molecular formula is C24H52O4SiZr. The van der Waals surface area contributed by atoms with Crippen LogP contribution in [0.3, 0.4) is 0 Å². The number of hydrogen-bond acceptors (Lipinski definition) is 4. The SMILES string of the molecule is CCO.CCO.CCO.O[Si](C1CCCCC1)(C1CCCCC1)C1CCCCC1.[Zr]. The van der Waals surface area contributed by atoms with Crippen molar-refractivity contribution in [1.29, 1.82) is 0 Å². The van der Waals surface area contributed by atoms with E-state index in [4.69, 9.17) is 15.3 Å². The molecule has 4 nitrogen and oxygen atoms in total. The minimum absolute atomic E-state index is 0. The summed E-state index contributed by atoms with van der Waals surface area (Å²) in [6, 6.07) is 0. The van der Waals surface area contributed by atoms with Gasteiger partial charge in [-0.25, -0.2) is 0 Å². The molecule has 0 atom stereocenters. The zero-order valence-corrected chi connectivity index (χ0v) is 23.7. The second kappa shape index (κ2) is 21.8. The molecular weight excluding hydrogens is 472 g/mol. The summed E-state index contributed by atoms with van der Waals surface area (Å²) in [5.41, 5.74) is 2.30. The molecule has 0 amide bonds. The largest absolute Gasteiger partial charge is 0.431 e. The van der Waals surface area contributed by atoms with Crippen LogP contribution in [0.1, 0.15) is 117 Å². The summed E-state index contributed by atoms with van der Waals surface area (Å²) < 4.78 is 0. The van der Waals surface area contributed by atoms with Crippen molar-refractivity contribution in [2.24, 2.45) is 0 Å². The number of hydrogen-bond donors (Lipinski definition) is 4. The molecule has 0 aliphatic heterocycles. The van der Waals surface area contributed by atoms with Gasteiger partial charge < -0.3 is 20.1 Å². The minimum atomic E-state index is -2.05. The quantitative estimate of drug-likeness (QED) is 0.346. The molecule has 0 unspecified atom stereocenters. The van der Waals surface area contributed by atoms with Gasteiger partial charge in [0.15, 0.2) is 8.32 Å². The van der Waals surface area contributed by atoms with Gasteiger partial charge in [-0.2, -0.15) is 0 Å². The molecule has 3 aliphatic rings. The van der Waals surface area contributed by atoms with Gasteiger partial charge in [0.2, 0.25) is 0 Å². The number of aliphatic hydroxyl groups excluding tert-OH is 3. The summed E-state index contributed by atoms with van der Waals surface area (Å²) in [5, 5.41) is 22.7. The zero-order chi connectivity index (χ0) is 22.0. The Morgan fingerprint density at radius 1 is 0.500 bits per heavy atom. The Labute approximate surface area is 207 Å². The summed E-state index contributed by atoms with van der Waals surface area (Å²) in [6.07, 6.45) is 20.9. The van der Waals surface area contributed by atoms with Crippen LogP contribution in [0.5, 0.6) is 0 Å². The third-order valence-corrected chi connectivity index (χ3v) is 12.4. The van der Waals surface area contributed by atoms with E-state index < -0.39 is 8.32 Å². The molecule has 0 bridgehead atoms. The van der Waals surface area contributed by atoms with E-state index in [0.717, 1.165) is 16.6 Å². The topological polar surface area (TPSA) is 80.9 Å². The molecule has 0 heterocycles. The van der Waals surface area contributed by atoms with E-state index in [0.29, 0.717) is 0 Å². The van der Waals surface area contributed by atoms with Crippen LogP contribution in [0.25, 0.3) is 0 Å². The van der Waals surface area contributed by atoms with Crippen molar-refractivity contribution in [3.8, 4) is 0 Å². The van der Waals surface area contributed by atoms with Gasteiger partial charge in [-0.05, 0) is 37.4 Å². The average molecular weight is 524 g/mol. The molecule has 0 spiro atoms. The molecule has 0 aromatic heterocycles. The molecule has 0 aromatic rings. The third kappa shape index (κ3) is 12.3. The molecule has 30 heavy (non-hydrogen) atoms. The van der Waals surface area contributed by atoms with Gasteiger partial charge in [0, 0.05) is 46.0 Å². The first kappa shape index (κ1) is 33.1. The Balaban J connectivity index is 0. The van der Waals surface area contributed by atoms with Crippen molar-refractivity contribution >= 4 is 8.32 Å². The van der Waals surface area contributed by atoms with E-state index in [1.165, 1.54) is 96.3 Å². The normalized spacial score (nSPS) is 20.9. The van der Waals surface area contributed by atoms with Crippen molar-refractivity contribution in [2.75, 3.05) is 19.8 Å². The van der Waals surface area contributed by atoms with Crippen LogP contribution in [0.4, 0.5) is 0 Å². The second-order valence-corrected chi connectivity index (χ2v) is 13.1. The van der Waals surface area contributed by atoms with Gasteiger partial charge >= 0.3 is 0 Å². The van der Waals surface area contributed by atoms with Crippen LogP contribution in [-0.4, -0.2) is 48.3 Å². The Bertz CT molecular complexity index is 292. The molecule has 0 saturated heterocycles. The van der Waals surface area contributed by atoms with Gasteiger partial charge in [-0.3, -0.25) is 0 Å². The van der Waals surface area contributed by atoms with Crippen molar-refractivity contribution in [1.82, 2.24) is 0 Å². The van der Waals surface area contributed by atoms with Crippen molar-refractivity contribution in [3.63, 3.8) is 0 Å². The monoisotopic (exact) mass is 522 g/mol. The molecule has 3 fully saturated rings. The molecule has 0 radical (unpaired) electrons.